The van der Waals surface area contributed by atoms with Crippen LogP contribution in [0.4, 0.5) is 6.01 Å². The Morgan fingerprint density at radius 1 is 1.39 bits per heavy atom. The molecule has 2 aromatic heterocycles. The summed E-state index contributed by atoms with van der Waals surface area (Å²) in [5, 5.41) is 14.1. The van der Waals surface area contributed by atoms with E-state index in [-0.39, 0.29) is 0 Å². The molecular weight excluding hydrogens is 316 g/mol. The molecule has 2 N–H and O–H groups in total. The smallest absolute Gasteiger partial charge is 0.315 e. The average molecular weight is 331 g/mol. The fraction of sp³-hybridized carbons (Fsp3) is 0.455. The molecule has 7 heteroatoms. The van der Waals surface area contributed by atoms with Crippen LogP contribution in [0.25, 0.3) is 0 Å². The Morgan fingerprint density at radius 3 is 3.00 bits per heavy atom. The lowest BCUT2D eigenvalue weighted by Crippen LogP contribution is -2.11. The van der Waals surface area contributed by atoms with Gasteiger partial charge in [-0.15, -0.1) is 16.4 Å². The first-order valence-electron chi connectivity index (χ1n) is 5.79. The number of aromatic nitrogens is 2. The van der Waals surface area contributed by atoms with Crippen LogP contribution < -0.4 is 10.6 Å². The second-order valence-corrected chi connectivity index (χ2v) is 6.21. The topological polar surface area (TPSA) is 63.0 Å². The maximum absolute atomic E-state index is 5.43. The normalized spacial score (nSPS) is 10.8. The Bertz CT molecular complexity index is 485. The summed E-state index contributed by atoms with van der Waals surface area (Å²) >= 11 is 5.19. The zero-order valence-electron chi connectivity index (χ0n) is 10.1. The van der Waals surface area contributed by atoms with Gasteiger partial charge in [-0.1, -0.05) is 12.0 Å². The van der Waals surface area contributed by atoms with E-state index in [2.05, 4.69) is 48.9 Å². The molecule has 2 rings (SSSR count). The third-order valence-electron chi connectivity index (χ3n) is 2.27. The van der Waals surface area contributed by atoms with Crippen LogP contribution in [0.2, 0.25) is 0 Å². The highest BCUT2D eigenvalue weighted by molar-refractivity contribution is 9.11. The largest absolute Gasteiger partial charge is 0.407 e. The molecule has 0 saturated heterocycles. The molecule has 18 heavy (non-hydrogen) atoms. The summed E-state index contributed by atoms with van der Waals surface area (Å²) < 4.78 is 6.58. The molecule has 5 nitrogen and oxygen atoms in total. The first-order valence-corrected chi connectivity index (χ1v) is 7.40. The SMILES string of the molecule is CCNCc1nnc(NCCc2ccc(Br)s2)o1. The van der Waals surface area contributed by atoms with Crippen molar-refractivity contribution in [3.63, 3.8) is 0 Å². The second kappa shape index (κ2) is 6.86. The van der Waals surface area contributed by atoms with Crippen LogP contribution in [-0.4, -0.2) is 23.3 Å². The highest BCUT2D eigenvalue weighted by atomic mass is 79.9. The van der Waals surface area contributed by atoms with E-state index in [1.54, 1.807) is 11.3 Å². The number of hydrogen-bond acceptors (Lipinski definition) is 6. The molecule has 0 aliphatic rings. The fourth-order valence-electron chi connectivity index (χ4n) is 1.41. The van der Waals surface area contributed by atoms with Gasteiger partial charge in [0.1, 0.15) is 0 Å². The van der Waals surface area contributed by atoms with Crippen LogP contribution in [-0.2, 0) is 13.0 Å². The molecule has 0 aliphatic carbocycles. The monoisotopic (exact) mass is 330 g/mol. The highest BCUT2D eigenvalue weighted by Crippen LogP contribution is 2.22. The summed E-state index contributed by atoms with van der Waals surface area (Å²) in [6.07, 6.45) is 0.946. The Labute approximate surface area is 118 Å². The first kappa shape index (κ1) is 13.5. The van der Waals surface area contributed by atoms with E-state index in [1.807, 2.05) is 6.92 Å². The lowest BCUT2D eigenvalue weighted by Gasteiger charge is -1.99. The molecule has 0 fully saturated rings. The summed E-state index contributed by atoms with van der Waals surface area (Å²) in [7, 11) is 0. The van der Waals surface area contributed by atoms with Crippen LogP contribution in [0.3, 0.4) is 0 Å². The predicted molar refractivity (Wildman–Crippen MR) is 75.9 cm³/mol. The number of anilines is 1. The van der Waals surface area contributed by atoms with Gasteiger partial charge in [-0.2, -0.15) is 0 Å². The van der Waals surface area contributed by atoms with Crippen LogP contribution in [0, 0.1) is 0 Å². The van der Waals surface area contributed by atoms with Crippen molar-refractivity contribution in [1.29, 1.82) is 0 Å². The third-order valence-corrected chi connectivity index (χ3v) is 3.95. The lowest BCUT2D eigenvalue weighted by molar-refractivity contribution is 0.481. The van der Waals surface area contributed by atoms with E-state index in [9.17, 15) is 0 Å². The van der Waals surface area contributed by atoms with E-state index < -0.39 is 0 Å². The number of rotatable bonds is 7. The van der Waals surface area contributed by atoms with Gasteiger partial charge < -0.3 is 15.1 Å². The van der Waals surface area contributed by atoms with E-state index in [0.717, 1.165) is 23.3 Å². The van der Waals surface area contributed by atoms with Crippen molar-refractivity contribution in [3.8, 4) is 0 Å². The zero-order chi connectivity index (χ0) is 12.8. The Hall–Kier alpha value is -0.920. The summed E-state index contributed by atoms with van der Waals surface area (Å²) in [6.45, 7) is 4.33. The Morgan fingerprint density at radius 2 is 2.28 bits per heavy atom. The molecule has 0 radical (unpaired) electrons. The average Bonchev–Trinajstić information content (AvgIpc) is 2.96. The second-order valence-electron chi connectivity index (χ2n) is 3.66. The molecule has 98 valence electrons. The van der Waals surface area contributed by atoms with Crippen molar-refractivity contribution < 1.29 is 4.42 Å². The Kier molecular flexibility index (Phi) is 5.15. The summed E-state index contributed by atoms with van der Waals surface area (Å²) in [5.41, 5.74) is 0. The van der Waals surface area contributed by atoms with Crippen molar-refractivity contribution in [2.75, 3.05) is 18.4 Å². The van der Waals surface area contributed by atoms with E-state index in [1.165, 1.54) is 4.88 Å². The van der Waals surface area contributed by atoms with Crippen LogP contribution in [0.5, 0.6) is 0 Å². The van der Waals surface area contributed by atoms with Gasteiger partial charge in [0.05, 0.1) is 10.3 Å². The van der Waals surface area contributed by atoms with Crippen LogP contribution in [0.15, 0.2) is 20.3 Å². The summed E-state index contributed by atoms with van der Waals surface area (Å²) in [6, 6.07) is 4.65. The molecule has 0 aromatic carbocycles. The van der Waals surface area contributed by atoms with Gasteiger partial charge in [0.2, 0.25) is 5.89 Å². The van der Waals surface area contributed by atoms with Crippen molar-refractivity contribution in [2.24, 2.45) is 0 Å². The highest BCUT2D eigenvalue weighted by Gasteiger charge is 2.04. The molecule has 0 bridgehead atoms. The van der Waals surface area contributed by atoms with E-state index in [0.29, 0.717) is 18.5 Å². The maximum Gasteiger partial charge on any atom is 0.315 e. The van der Waals surface area contributed by atoms with Crippen molar-refractivity contribution in [3.05, 3.63) is 26.7 Å². The minimum Gasteiger partial charge on any atom is -0.407 e. The quantitative estimate of drug-likeness (QED) is 0.817. The molecular formula is C11H15BrN4OS. The standard InChI is InChI=1S/C11H15BrN4OS/c1-2-13-7-10-15-16-11(17-10)14-6-5-8-3-4-9(12)18-8/h3-4,13H,2,5-7H2,1H3,(H,14,16). The number of thiophene rings is 1. The van der Waals surface area contributed by atoms with Gasteiger partial charge >= 0.3 is 6.01 Å². The van der Waals surface area contributed by atoms with Gasteiger partial charge in [0.25, 0.3) is 0 Å². The number of nitrogens with zero attached hydrogens (tertiary/aromatic N) is 2. The lowest BCUT2D eigenvalue weighted by atomic mass is 10.3. The van der Waals surface area contributed by atoms with Gasteiger partial charge in [-0.25, -0.2) is 0 Å². The zero-order valence-corrected chi connectivity index (χ0v) is 12.5. The first-order chi connectivity index (χ1) is 8.78. The van der Waals surface area contributed by atoms with Crippen LogP contribution >= 0.6 is 27.3 Å². The number of nitrogens with one attached hydrogen (secondary N) is 2. The molecule has 2 aromatic rings. The van der Waals surface area contributed by atoms with E-state index in [4.69, 9.17) is 4.42 Å². The van der Waals surface area contributed by atoms with Gasteiger partial charge in [-0.3, -0.25) is 0 Å². The van der Waals surface area contributed by atoms with Gasteiger partial charge in [0, 0.05) is 11.4 Å². The minimum atomic E-state index is 0.485. The number of halogens is 1. The van der Waals surface area contributed by atoms with E-state index >= 15 is 0 Å². The third kappa shape index (κ3) is 4.08. The Balaban J connectivity index is 1.74. The summed E-state index contributed by atoms with van der Waals surface area (Å²) in [5.74, 6) is 0.609. The minimum absolute atomic E-state index is 0.485. The van der Waals surface area contributed by atoms with Crippen LogP contribution in [0.1, 0.15) is 17.7 Å². The number of hydrogen-bond donors (Lipinski definition) is 2. The molecule has 0 atom stereocenters. The maximum atomic E-state index is 5.43. The van der Waals surface area contributed by atoms with Gasteiger partial charge in [-0.05, 0) is 41.0 Å². The molecule has 0 amide bonds. The summed E-state index contributed by atoms with van der Waals surface area (Å²) in [4.78, 5) is 1.32. The molecule has 0 spiro atoms. The van der Waals surface area contributed by atoms with Crippen molar-refractivity contribution >= 4 is 33.3 Å². The molecule has 0 aliphatic heterocycles. The molecule has 0 unspecified atom stereocenters. The molecule has 0 saturated carbocycles. The van der Waals surface area contributed by atoms with Gasteiger partial charge in [0.15, 0.2) is 0 Å². The molecule has 2 heterocycles. The van der Waals surface area contributed by atoms with Crippen molar-refractivity contribution in [1.82, 2.24) is 15.5 Å². The fourth-order valence-corrected chi connectivity index (χ4v) is 2.89. The van der Waals surface area contributed by atoms with Crippen molar-refractivity contribution in [2.45, 2.75) is 19.9 Å². The predicted octanol–water partition coefficient (Wildman–Crippen LogP) is 2.66.